The van der Waals surface area contributed by atoms with Crippen molar-refractivity contribution in [2.75, 3.05) is 11.5 Å². The molecule has 1 atom stereocenters. The van der Waals surface area contributed by atoms with Gasteiger partial charge in [-0.15, -0.1) is 11.8 Å². The zero-order valence-corrected chi connectivity index (χ0v) is 11.5. The normalized spacial score (nSPS) is 14.1. The minimum Gasteiger partial charge on any atom is -0.396 e. The number of halogens is 1. The molecule has 0 bridgehead atoms. The molecule has 3 N–H and O–H groups in total. The first-order valence-electron chi connectivity index (χ1n) is 5.95. The van der Waals surface area contributed by atoms with Gasteiger partial charge in [0, 0.05) is 10.6 Å². The Balaban J connectivity index is 2.07. The number of rotatable bonds is 4. The molecule has 2 nitrogen and oxygen atoms in total. The van der Waals surface area contributed by atoms with E-state index >= 15 is 0 Å². The van der Waals surface area contributed by atoms with Gasteiger partial charge in [0.25, 0.3) is 0 Å². The van der Waals surface area contributed by atoms with E-state index in [-0.39, 0.29) is 5.69 Å². The fourth-order valence-corrected chi connectivity index (χ4v) is 2.67. The Morgan fingerprint density at radius 3 is 2.53 bits per heavy atom. The van der Waals surface area contributed by atoms with Crippen LogP contribution in [0.1, 0.15) is 12.5 Å². The molecular formula is C15H16FNOS. The number of nitrogens with two attached hydrogens (primary N) is 1. The second kappa shape index (κ2) is 5.63. The van der Waals surface area contributed by atoms with Crippen molar-refractivity contribution >= 4 is 17.4 Å². The molecule has 0 heterocycles. The number of hydrogen-bond acceptors (Lipinski definition) is 3. The summed E-state index contributed by atoms with van der Waals surface area (Å²) < 4.78 is 13.3. The van der Waals surface area contributed by atoms with Gasteiger partial charge < -0.3 is 10.8 Å². The van der Waals surface area contributed by atoms with E-state index in [1.807, 2.05) is 30.3 Å². The van der Waals surface area contributed by atoms with Crippen molar-refractivity contribution in [3.63, 3.8) is 0 Å². The molecule has 1 unspecified atom stereocenters. The first-order chi connectivity index (χ1) is 8.99. The monoisotopic (exact) mass is 277 g/mol. The Morgan fingerprint density at radius 2 is 1.89 bits per heavy atom. The summed E-state index contributed by atoms with van der Waals surface area (Å²) in [7, 11) is 0. The quantitative estimate of drug-likeness (QED) is 0.665. The van der Waals surface area contributed by atoms with Crippen LogP contribution < -0.4 is 5.73 Å². The van der Waals surface area contributed by atoms with Gasteiger partial charge in [-0.25, -0.2) is 4.39 Å². The van der Waals surface area contributed by atoms with Crippen molar-refractivity contribution in [2.45, 2.75) is 17.4 Å². The number of hydrogen-bond donors (Lipinski definition) is 2. The molecule has 0 amide bonds. The van der Waals surface area contributed by atoms with Crippen LogP contribution in [0.15, 0.2) is 53.4 Å². The van der Waals surface area contributed by atoms with Gasteiger partial charge in [0.1, 0.15) is 5.82 Å². The van der Waals surface area contributed by atoms with Crippen LogP contribution in [0.4, 0.5) is 10.1 Å². The average molecular weight is 277 g/mol. The van der Waals surface area contributed by atoms with Crippen molar-refractivity contribution < 1.29 is 9.50 Å². The van der Waals surface area contributed by atoms with Crippen LogP contribution in [0.5, 0.6) is 0 Å². The highest BCUT2D eigenvalue weighted by molar-refractivity contribution is 7.99. The molecule has 19 heavy (non-hydrogen) atoms. The molecular weight excluding hydrogens is 261 g/mol. The standard InChI is InChI=1S/C15H16FNOS/c1-15(18,11-5-3-2-4-6-11)10-19-12-7-8-14(17)13(16)9-12/h2-9,18H,10,17H2,1H3. The topological polar surface area (TPSA) is 46.2 Å². The Hall–Kier alpha value is -1.52. The summed E-state index contributed by atoms with van der Waals surface area (Å²) in [6.45, 7) is 1.75. The van der Waals surface area contributed by atoms with Gasteiger partial charge >= 0.3 is 0 Å². The van der Waals surface area contributed by atoms with Gasteiger partial charge in [0.2, 0.25) is 0 Å². The lowest BCUT2D eigenvalue weighted by Gasteiger charge is -2.23. The molecule has 100 valence electrons. The lowest BCUT2D eigenvalue weighted by atomic mass is 9.99. The van der Waals surface area contributed by atoms with Crippen LogP contribution in [-0.4, -0.2) is 10.9 Å². The molecule has 0 aliphatic carbocycles. The van der Waals surface area contributed by atoms with Crippen molar-refractivity contribution in [1.82, 2.24) is 0 Å². The lowest BCUT2D eigenvalue weighted by molar-refractivity contribution is 0.0839. The van der Waals surface area contributed by atoms with E-state index in [1.165, 1.54) is 23.9 Å². The third-order valence-electron chi connectivity index (χ3n) is 2.89. The van der Waals surface area contributed by atoms with Crippen molar-refractivity contribution in [3.05, 3.63) is 59.9 Å². The minimum absolute atomic E-state index is 0.138. The van der Waals surface area contributed by atoms with E-state index in [4.69, 9.17) is 5.73 Å². The van der Waals surface area contributed by atoms with E-state index in [1.54, 1.807) is 13.0 Å². The summed E-state index contributed by atoms with van der Waals surface area (Å²) in [5.74, 6) is 0.0183. The molecule has 4 heteroatoms. The fourth-order valence-electron chi connectivity index (χ4n) is 1.70. The van der Waals surface area contributed by atoms with Gasteiger partial charge in [-0.3, -0.25) is 0 Å². The predicted molar refractivity (Wildman–Crippen MR) is 77.5 cm³/mol. The molecule has 0 saturated heterocycles. The first kappa shape index (κ1) is 13.9. The Labute approximate surface area is 116 Å². The summed E-state index contributed by atoms with van der Waals surface area (Å²) in [6.07, 6.45) is 0. The molecule has 2 rings (SSSR count). The van der Waals surface area contributed by atoms with E-state index in [2.05, 4.69) is 0 Å². The smallest absolute Gasteiger partial charge is 0.147 e. The van der Waals surface area contributed by atoms with Crippen molar-refractivity contribution in [1.29, 1.82) is 0 Å². The van der Waals surface area contributed by atoms with Crippen LogP contribution in [0.25, 0.3) is 0 Å². The number of aliphatic hydroxyl groups is 1. The second-order valence-corrected chi connectivity index (χ2v) is 5.66. The first-order valence-corrected chi connectivity index (χ1v) is 6.93. The highest BCUT2D eigenvalue weighted by Crippen LogP contribution is 2.30. The van der Waals surface area contributed by atoms with Crippen LogP contribution in [-0.2, 0) is 5.60 Å². The SMILES string of the molecule is CC(O)(CSc1ccc(N)c(F)c1)c1ccccc1. The summed E-state index contributed by atoms with van der Waals surface area (Å²) in [6, 6.07) is 14.1. The zero-order valence-electron chi connectivity index (χ0n) is 10.6. The molecule has 0 aliphatic heterocycles. The van der Waals surface area contributed by atoms with Crippen LogP contribution in [0, 0.1) is 5.82 Å². The maximum atomic E-state index is 13.3. The van der Waals surface area contributed by atoms with Crippen molar-refractivity contribution in [3.8, 4) is 0 Å². The van der Waals surface area contributed by atoms with Crippen LogP contribution >= 0.6 is 11.8 Å². The summed E-state index contributed by atoms with van der Waals surface area (Å²) in [5, 5.41) is 10.4. The average Bonchev–Trinajstić information content (AvgIpc) is 2.41. The Bertz CT molecular complexity index is 557. The van der Waals surface area contributed by atoms with Crippen molar-refractivity contribution in [2.24, 2.45) is 0 Å². The fraction of sp³-hybridized carbons (Fsp3) is 0.200. The number of thioether (sulfide) groups is 1. The van der Waals surface area contributed by atoms with E-state index in [0.29, 0.717) is 5.75 Å². The van der Waals surface area contributed by atoms with E-state index in [0.717, 1.165) is 10.5 Å². The maximum Gasteiger partial charge on any atom is 0.147 e. The summed E-state index contributed by atoms with van der Waals surface area (Å²) in [5.41, 5.74) is 5.46. The molecule has 0 radical (unpaired) electrons. The third-order valence-corrected chi connectivity index (χ3v) is 4.18. The van der Waals surface area contributed by atoms with Gasteiger partial charge in [-0.1, -0.05) is 30.3 Å². The van der Waals surface area contributed by atoms with E-state index < -0.39 is 11.4 Å². The van der Waals surface area contributed by atoms with Crippen LogP contribution in [0.3, 0.4) is 0 Å². The Morgan fingerprint density at radius 1 is 1.21 bits per heavy atom. The largest absolute Gasteiger partial charge is 0.396 e. The van der Waals surface area contributed by atoms with Crippen LogP contribution in [0.2, 0.25) is 0 Å². The zero-order chi connectivity index (χ0) is 13.9. The molecule has 2 aromatic rings. The van der Waals surface area contributed by atoms with Gasteiger partial charge in [0.15, 0.2) is 0 Å². The minimum atomic E-state index is -0.955. The molecule has 0 aliphatic rings. The van der Waals surface area contributed by atoms with Gasteiger partial charge in [0.05, 0.1) is 11.3 Å². The van der Waals surface area contributed by atoms with Gasteiger partial charge in [-0.05, 0) is 30.7 Å². The summed E-state index contributed by atoms with van der Waals surface area (Å²) >= 11 is 1.40. The highest BCUT2D eigenvalue weighted by atomic mass is 32.2. The lowest BCUT2D eigenvalue weighted by Crippen LogP contribution is -2.24. The van der Waals surface area contributed by atoms with E-state index in [9.17, 15) is 9.50 Å². The third kappa shape index (κ3) is 3.49. The molecule has 0 aromatic heterocycles. The molecule has 0 spiro atoms. The predicted octanol–water partition coefficient (Wildman–Crippen LogP) is 3.41. The van der Waals surface area contributed by atoms with Gasteiger partial charge in [-0.2, -0.15) is 0 Å². The number of benzene rings is 2. The molecule has 2 aromatic carbocycles. The highest BCUT2D eigenvalue weighted by Gasteiger charge is 2.22. The Kier molecular flexibility index (Phi) is 4.12. The number of nitrogen functional groups attached to an aromatic ring is 1. The second-order valence-electron chi connectivity index (χ2n) is 4.61. The molecule has 0 fully saturated rings. The summed E-state index contributed by atoms with van der Waals surface area (Å²) in [4.78, 5) is 0.753. The number of anilines is 1. The molecule has 0 saturated carbocycles. The maximum absolute atomic E-state index is 13.3.